The van der Waals surface area contributed by atoms with E-state index in [0.717, 1.165) is 18.5 Å². The quantitative estimate of drug-likeness (QED) is 0.792. The Morgan fingerprint density at radius 3 is 2.81 bits per heavy atom. The molecule has 2 N–H and O–H groups in total. The van der Waals surface area contributed by atoms with Gasteiger partial charge in [-0.15, -0.1) is 0 Å². The lowest BCUT2D eigenvalue weighted by Gasteiger charge is -2.14. The van der Waals surface area contributed by atoms with Gasteiger partial charge in [-0.1, -0.05) is 0 Å². The molecule has 1 aliphatic rings. The van der Waals surface area contributed by atoms with E-state index in [1.807, 2.05) is 7.05 Å². The van der Waals surface area contributed by atoms with Crippen molar-refractivity contribution in [1.82, 2.24) is 14.6 Å². The van der Waals surface area contributed by atoms with E-state index < -0.39 is 10.0 Å². The molecule has 16 heavy (non-hydrogen) atoms. The summed E-state index contributed by atoms with van der Waals surface area (Å²) in [5.41, 5.74) is 0.880. The van der Waals surface area contributed by atoms with E-state index >= 15 is 0 Å². The third kappa shape index (κ3) is 2.14. The number of hydrogen-bond acceptors (Lipinski definition) is 3. The summed E-state index contributed by atoms with van der Waals surface area (Å²) >= 11 is 0. The molecule has 1 aromatic heterocycles. The van der Waals surface area contributed by atoms with Gasteiger partial charge in [0.05, 0.1) is 4.90 Å². The summed E-state index contributed by atoms with van der Waals surface area (Å²) < 4.78 is 25.7. The van der Waals surface area contributed by atoms with Gasteiger partial charge in [-0.2, -0.15) is 4.31 Å². The maximum absolute atomic E-state index is 12.1. The molecule has 2 rings (SSSR count). The van der Waals surface area contributed by atoms with Crippen LogP contribution in [-0.4, -0.2) is 37.8 Å². The summed E-state index contributed by atoms with van der Waals surface area (Å²) in [5.74, 6) is 0. The highest BCUT2D eigenvalue weighted by molar-refractivity contribution is 7.89. The number of nitrogens with one attached hydrogen (secondary N) is 2. The number of H-pyrrole nitrogens is 1. The molecular formula is C10H17N3O2S. The Morgan fingerprint density at radius 1 is 1.56 bits per heavy atom. The van der Waals surface area contributed by atoms with Crippen LogP contribution < -0.4 is 5.32 Å². The molecular weight excluding hydrogens is 226 g/mol. The highest BCUT2D eigenvalue weighted by Crippen LogP contribution is 2.30. The van der Waals surface area contributed by atoms with Crippen LogP contribution in [-0.2, 0) is 16.6 Å². The smallest absolute Gasteiger partial charge is 0.244 e. The van der Waals surface area contributed by atoms with E-state index in [4.69, 9.17) is 0 Å². The molecule has 0 saturated heterocycles. The zero-order valence-electron chi connectivity index (χ0n) is 9.53. The van der Waals surface area contributed by atoms with E-state index in [1.165, 1.54) is 4.31 Å². The topological polar surface area (TPSA) is 65.2 Å². The van der Waals surface area contributed by atoms with Crippen molar-refractivity contribution in [3.8, 4) is 0 Å². The monoisotopic (exact) mass is 243 g/mol. The van der Waals surface area contributed by atoms with Gasteiger partial charge in [0.25, 0.3) is 0 Å². The molecule has 1 aliphatic carbocycles. The second-order valence-corrected chi connectivity index (χ2v) is 6.14. The first kappa shape index (κ1) is 11.6. The van der Waals surface area contributed by atoms with Gasteiger partial charge in [-0.25, -0.2) is 8.42 Å². The molecule has 0 radical (unpaired) electrons. The van der Waals surface area contributed by atoms with Crippen LogP contribution >= 0.6 is 0 Å². The van der Waals surface area contributed by atoms with Crippen LogP contribution in [0.25, 0.3) is 0 Å². The predicted molar refractivity (Wildman–Crippen MR) is 61.5 cm³/mol. The van der Waals surface area contributed by atoms with E-state index in [2.05, 4.69) is 10.3 Å². The Labute approximate surface area is 95.9 Å². The van der Waals surface area contributed by atoms with Crippen LogP contribution in [0.4, 0.5) is 0 Å². The third-order valence-electron chi connectivity index (χ3n) is 2.82. The first-order valence-electron chi connectivity index (χ1n) is 5.35. The Morgan fingerprint density at radius 2 is 2.25 bits per heavy atom. The van der Waals surface area contributed by atoms with Crippen LogP contribution in [0.1, 0.15) is 18.5 Å². The van der Waals surface area contributed by atoms with E-state index in [0.29, 0.717) is 11.4 Å². The normalized spacial score (nSPS) is 16.9. The second kappa shape index (κ2) is 4.20. The van der Waals surface area contributed by atoms with Gasteiger partial charge in [-0.3, -0.25) is 0 Å². The Bertz CT molecular complexity index is 462. The highest BCUT2D eigenvalue weighted by Gasteiger charge is 2.35. The summed E-state index contributed by atoms with van der Waals surface area (Å²) in [6.45, 7) is 0.642. The molecule has 0 spiro atoms. The van der Waals surface area contributed by atoms with E-state index in [9.17, 15) is 8.42 Å². The molecule has 0 aromatic carbocycles. The largest absolute Gasteiger partial charge is 0.363 e. The molecule has 0 amide bonds. The van der Waals surface area contributed by atoms with E-state index in [-0.39, 0.29) is 6.04 Å². The van der Waals surface area contributed by atoms with Gasteiger partial charge in [0.15, 0.2) is 0 Å². The minimum atomic E-state index is -3.30. The van der Waals surface area contributed by atoms with Gasteiger partial charge in [0.2, 0.25) is 10.0 Å². The van der Waals surface area contributed by atoms with Gasteiger partial charge in [0.1, 0.15) is 0 Å². The number of aromatic amines is 1. The summed E-state index contributed by atoms with van der Waals surface area (Å²) in [7, 11) is 0.176. The van der Waals surface area contributed by atoms with Crippen molar-refractivity contribution in [2.75, 3.05) is 14.1 Å². The standard InChI is InChI=1S/C10H17N3O2S/c1-11-6-8-5-10(7-12-8)16(14,15)13(2)9-3-4-9/h5,7,9,11-12H,3-4,6H2,1-2H3. The molecule has 1 fully saturated rings. The number of rotatable bonds is 5. The molecule has 0 bridgehead atoms. The maximum Gasteiger partial charge on any atom is 0.244 e. The molecule has 0 unspecified atom stereocenters. The minimum absolute atomic E-state index is 0.202. The zero-order chi connectivity index (χ0) is 11.8. The third-order valence-corrected chi connectivity index (χ3v) is 4.71. The van der Waals surface area contributed by atoms with Gasteiger partial charge in [-0.05, 0) is 26.0 Å². The lowest BCUT2D eigenvalue weighted by Crippen LogP contribution is -2.28. The van der Waals surface area contributed by atoms with Crippen molar-refractivity contribution >= 4 is 10.0 Å². The first-order chi connectivity index (χ1) is 7.55. The van der Waals surface area contributed by atoms with E-state index in [1.54, 1.807) is 19.3 Å². The minimum Gasteiger partial charge on any atom is -0.363 e. The molecule has 1 saturated carbocycles. The number of aromatic nitrogens is 1. The molecule has 6 heteroatoms. The fraction of sp³-hybridized carbons (Fsp3) is 0.600. The van der Waals surface area contributed by atoms with Crippen molar-refractivity contribution in [2.45, 2.75) is 30.3 Å². The highest BCUT2D eigenvalue weighted by atomic mass is 32.2. The van der Waals surface area contributed by atoms with Gasteiger partial charge in [0, 0.05) is 31.5 Å². The summed E-state index contributed by atoms with van der Waals surface area (Å²) in [5, 5.41) is 2.97. The predicted octanol–water partition coefficient (Wildman–Crippen LogP) is 0.517. The van der Waals surface area contributed by atoms with Crippen LogP contribution in [0.2, 0.25) is 0 Å². The van der Waals surface area contributed by atoms with Crippen molar-refractivity contribution in [1.29, 1.82) is 0 Å². The molecule has 1 aromatic rings. The van der Waals surface area contributed by atoms with Crippen molar-refractivity contribution < 1.29 is 8.42 Å². The van der Waals surface area contributed by atoms with Crippen molar-refractivity contribution in [2.24, 2.45) is 0 Å². The van der Waals surface area contributed by atoms with Crippen LogP contribution in [0.3, 0.4) is 0 Å². The Hall–Kier alpha value is -0.850. The fourth-order valence-electron chi connectivity index (χ4n) is 1.66. The number of nitrogens with zero attached hydrogens (tertiary/aromatic N) is 1. The Kier molecular flexibility index (Phi) is 3.05. The van der Waals surface area contributed by atoms with Crippen molar-refractivity contribution in [3.05, 3.63) is 18.0 Å². The average molecular weight is 243 g/mol. The lowest BCUT2D eigenvalue weighted by molar-refractivity contribution is 0.464. The van der Waals surface area contributed by atoms with Gasteiger partial charge < -0.3 is 10.3 Å². The number of sulfonamides is 1. The molecule has 0 aliphatic heterocycles. The van der Waals surface area contributed by atoms with Crippen molar-refractivity contribution in [3.63, 3.8) is 0 Å². The molecule has 5 nitrogen and oxygen atoms in total. The maximum atomic E-state index is 12.1. The molecule has 90 valence electrons. The lowest BCUT2D eigenvalue weighted by atomic mass is 10.4. The fourth-order valence-corrected chi connectivity index (χ4v) is 3.10. The molecule has 0 atom stereocenters. The SMILES string of the molecule is CNCc1cc(S(=O)(=O)N(C)C2CC2)c[nH]1. The first-order valence-corrected chi connectivity index (χ1v) is 6.79. The number of hydrogen-bond donors (Lipinski definition) is 2. The second-order valence-electron chi connectivity index (χ2n) is 4.14. The average Bonchev–Trinajstić information content (AvgIpc) is 2.98. The van der Waals surface area contributed by atoms with Crippen LogP contribution in [0.15, 0.2) is 17.2 Å². The van der Waals surface area contributed by atoms with Crippen LogP contribution in [0.5, 0.6) is 0 Å². The Balaban J connectivity index is 2.21. The molecule has 1 heterocycles. The van der Waals surface area contributed by atoms with Gasteiger partial charge >= 0.3 is 0 Å². The summed E-state index contributed by atoms with van der Waals surface area (Å²) in [6, 6.07) is 1.89. The zero-order valence-corrected chi connectivity index (χ0v) is 10.3. The summed E-state index contributed by atoms with van der Waals surface area (Å²) in [4.78, 5) is 3.31. The van der Waals surface area contributed by atoms with Crippen LogP contribution in [0, 0.1) is 0 Å². The summed E-state index contributed by atoms with van der Waals surface area (Å²) in [6.07, 6.45) is 3.51.